The molecule has 0 bridgehead atoms. The predicted octanol–water partition coefficient (Wildman–Crippen LogP) is -0.0493. The fraction of sp³-hybridized carbons (Fsp3) is 0.286. The van der Waals surface area contributed by atoms with E-state index in [1.807, 2.05) is 0 Å². The van der Waals surface area contributed by atoms with E-state index in [1.54, 1.807) is 0 Å². The standard InChI is InChI=1S/C7H9N3O3/c8-7(11)13-2-1-12-6-3-9-5-10-4-6/h3-5H,1-2H2,(H2,8,11). The molecule has 70 valence electrons. The van der Waals surface area contributed by atoms with Crippen LogP contribution in [0.5, 0.6) is 5.75 Å². The van der Waals surface area contributed by atoms with Crippen LogP contribution in [0.2, 0.25) is 0 Å². The molecule has 0 saturated heterocycles. The van der Waals surface area contributed by atoms with Crippen molar-refractivity contribution in [1.29, 1.82) is 0 Å². The monoisotopic (exact) mass is 183 g/mol. The average molecular weight is 183 g/mol. The lowest BCUT2D eigenvalue weighted by atomic mass is 10.6. The van der Waals surface area contributed by atoms with E-state index in [2.05, 4.69) is 14.7 Å². The van der Waals surface area contributed by atoms with Crippen LogP contribution < -0.4 is 10.5 Å². The zero-order chi connectivity index (χ0) is 9.52. The summed E-state index contributed by atoms with van der Waals surface area (Å²) in [6.07, 6.45) is 3.61. The Labute approximate surface area is 74.7 Å². The molecule has 0 aliphatic heterocycles. The summed E-state index contributed by atoms with van der Waals surface area (Å²) < 4.78 is 9.54. The van der Waals surface area contributed by atoms with Gasteiger partial charge in [-0.25, -0.2) is 14.8 Å². The Morgan fingerprint density at radius 1 is 1.38 bits per heavy atom. The topological polar surface area (TPSA) is 87.3 Å². The number of nitrogens with two attached hydrogens (primary N) is 1. The van der Waals surface area contributed by atoms with Crippen molar-refractivity contribution >= 4 is 6.09 Å². The lowest BCUT2D eigenvalue weighted by molar-refractivity contribution is 0.133. The molecule has 1 amide bonds. The molecule has 0 aromatic carbocycles. The minimum absolute atomic E-state index is 0.115. The van der Waals surface area contributed by atoms with Crippen LogP contribution in [-0.2, 0) is 4.74 Å². The van der Waals surface area contributed by atoms with Gasteiger partial charge in [0.05, 0.1) is 12.4 Å². The highest BCUT2D eigenvalue weighted by molar-refractivity contribution is 5.64. The predicted molar refractivity (Wildman–Crippen MR) is 43.1 cm³/mol. The van der Waals surface area contributed by atoms with Gasteiger partial charge < -0.3 is 15.2 Å². The number of rotatable bonds is 4. The number of amides is 1. The Bertz CT molecular complexity index is 265. The van der Waals surface area contributed by atoms with Gasteiger partial charge in [0, 0.05) is 0 Å². The first kappa shape index (κ1) is 9.24. The second-order valence-electron chi connectivity index (χ2n) is 2.09. The molecule has 13 heavy (non-hydrogen) atoms. The Kier molecular flexibility index (Phi) is 3.49. The molecule has 0 spiro atoms. The van der Waals surface area contributed by atoms with Gasteiger partial charge in [-0.1, -0.05) is 0 Å². The Morgan fingerprint density at radius 3 is 2.69 bits per heavy atom. The molecule has 0 radical (unpaired) electrons. The Hall–Kier alpha value is -1.85. The molecule has 2 N–H and O–H groups in total. The number of primary amides is 1. The van der Waals surface area contributed by atoms with E-state index < -0.39 is 6.09 Å². The average Bonchev–Trinajstić information content (AvgIpc) is 2.14. The zero-order valence-corrected chi connectivity index (χ0v) is 6.84. The molecule has 0 aliphatic carbocycles. The van der Waals surface area contributed by atoms with Gasteiger partial charge in [-0.2, -0.15) is 0 Å². The lowest BCUT2D eigenvalue weighted by Crippen LogP contribution is -2.17. The number of carbonyl (C=O) groups excluding carboxylic acids is 1. The fourth-order valence-electron chi connectivity index (χ4n) is 0.662. The van der Waals surface area contributed by atoms with Crippen LogP contribution in [0, 0.1) is 0 Å². The summed E-state index contributed by atoms with van der Waals surface area (Å²) in [6.45, 7) is 0.348. The van der Waals surface area contributed by atoms with E-state index >= 15 is 0 Å². The van der Waals surface area contributed by atoms with Gasteiger partial charge in [0.2, 0.25) is 0 Å². The lowest BCUT2D eigenvalue weighted by Gasteiger charge is -2.03. The highest BCUT2D eigenvalue weighted by atomic mass is 16.6. The normalized spacial score (nSPS) is 9.23. The van der Waals surface area contributed by atoms with Gasteiger partial charge in [-0.3, -0.25) is 0 Å². The molecule has 0 fully saturated rings. The molecule has 1 heterocycles. The van der Waals surface area contributed by atoms with Crippen molar-refractivity contribution < 1.29 is 14.3 Å². The highest BCUT2D eigenvalue weighted by Gasteiger charge is 1.95. The number of nitrogens with zero attached hydrogens (tertiary/aromatic N) is 2. The summed E-state index contributed by atoms with van der Waals surface area (Å²) in [6, 6.07) is 0. The van der Waals surface area contributed by atoms with Gasteiger partial charge in [0.15, 0.2) is 5.75 Å². The van der Waals surface area contributed by atoms with Gasteiger partial charge in [-0.05, 0) is 0 Å². The van der Waals surface area contributed by atoms with E-state index in [9.17, 15) is 4.79 Å². The molecule has 0 atom stereocenters. The summed E-state index contributed by atoms with van der Waals surface area (Å²) in [4.78, 5) is 17.6. The van der Waals surface area contributed by atoms with Crippen LogP contribution >= 0.6 is 0 Å². The van der Waals surface area contributed by atoms with Crippen LogP contribution in [0.25, 0.3) is 0 Å². The number of hydrogen-bond acceptors (Lipinski definition) is 5. The molecule has 0 saturated carbocycles. The molecule has 0 aliphatic rings. The minimum atomic E-state index is -0.812. The second-order valence-corrected chi connectivity index (χ2v) is 2.09. The van der Waals surface area contributed by atoms with Crippen molar-refractivity contribution in [3.05, 3.63) is 18.7 Å². The maximum absolute atomic E-state index is 10.1. The number of carbonyl (C=O) groups is 1. The summed E-state index contributed by atoms with van der Waals surface area (Å²) in [7, 11) is 0. The first-order valence-electron chi connectivity index (χ1n) is 3.59. The van der Waals surface area contributed by atoms with Crippen molar-refractivity contribution in [2.45, 2.75) is 0 Å². The zero-order valence-electron chi connectivity index (χ0n) is 6.84. The number of aromatic nitrogens is 2. The maximum Gasteiger partial charge on any atom is 0.404 e. The van der Waals surface area contributed by atoms with Gasteiger partial charge in [0.25, 0.3) is 0 Å². The van der Waals surface area contributed by atoms with Gasteiger partial charge in [0.1, 0.15) is 19.5 Å². The van der Waals surface area contributed by atoms with Crippen molar-refractivity contribution in [1.82, 2.24) is 9.97 Å². The first-order chi connectivity index (χ1) is 6.29. The van der Waals surface area contributed by atoms with E-state index in [-0.39, 0.29) is 13.2 Å². The third-order valence-corrected chi connectivity index (χ3v) is 1.13. The van der Waals surface area contributed by atoms with E-state index in [1.165, 1.54) is 18.7 Å². The summed E-state index contributed by atoms with van der Waals surface area (Å²) in [5.74, 6) is 0.524. The van der Waals surface area contributed by atoms with Crippen molar-refractivity contribution in [3.63, 3.8) is 0 Å². The molecule has 1 aromatic rings. The SMILES string of the molecule is NC(=O)OCCOc1cncnc1. The summed E-state index contributed by atoms with van der Waals surface area (Å²) >= 11 is 0. The van der Waals surface area contributed by atoms with Crippen LogP contribution in [0.15, 0.2) is 18.7 Å². The van der Waals surface area contributed by atoms with Crippen molar-refractivity contribution in [3.8, 4) is 5.75 Å². The van der Waals surface area contributed by atoms with E-state index in [0.29, 0.717) is 5.75 Å². The molecular weight excluding hydrogens is 174 g/mol. The molecule has 1 rings (SSSR count). The first-order valence-corrected chi connectivity index (χ1v) is 3.59. The van der Waals surface area contributed by atoms with Gasteiger partial charge >= 0.3 is 6.09 Å². The second kappa shape index (κ2) is 4.91. The van der Waals surface area contributed by atoms with Crippen molar-refractivity contribution in [2.75, 3.05) is 13.2 Å². The van der Waals surface area contributed by atoms with Crippen molar-refractivity contribution in [2.24, 2.45) is 5.73 Å². The molecular formula is C7H9N3O3. The van der Waals surface area contributed by atoms with Crippen LogP contribution in [-0.4, -0.2) is 29.3 Å². The largest absolute Gasteiger partial charge is 0.487 e. The molecule has 1 aromatic heterocycles. The number of hydrogen-bond donors (Lipinski definition) is 1. The number of ether oxygens (including phenoxy) is 2. The third-order valence-electron chi connectivity index (χ3n) is 1.13. The highest BCUT2D eigenvalue weighted by Crippen LogP contribution is 2.02. The molecule has 6 heteroatoms. The summed E-state index contributed by atoms with van der Waals surface area (Å²) in [5, 5.41) is 0. The van der Waals surface area contributed by atoms with Crippen LogP contribution in [0.3, 0.4) is 0 Å². The van der Waals surface area contributed by atoms with E-state index in [0.717, 1.165) is 0 Å². The fourth-order valence-corrected chi connectivity index (χ4v) is 0.662. The Balaban J connectivity index is 2.17. The third kappa shape index (κ3) is 3.90. The van der Waals surface area contributed by atoms with Gasteiger partial charge in [-0.15, -0.1) is 0 Å². The van der Waals surface area contributed by atoms with Crippen LogP contribution in [0.4, 0.5) is 4.79 Å². The minimum Gasteiger partial charge on any atom is -0.487 e. The Morgan fingerprint density at radius 2 is 2.08 bits per heavy atom. The quantitative estimate of drug-likeness (QED) is 0.661. The smallest absolute Gasteiger partial charge is 0.404 e. The van der Waals surface area contributed by atoms with Crippen LogP contribution in [0.1, 0.15) is 0 Å². The summed E-state index contributed by atoms with van der Waals surface area (Å²) in [5.41, 5.74) is 4.73. The molecule has 6 nitrogen and oxygen atoms in total. The maximum atomic E-state index is 10.1. The van der Waals surface area contributed by atoms with E-state index in [4.69, 9.17) is 10.5 Å². The molecule has 0 unspecified atom stereocenters.